The first-order valence-electron chi connectivity index (χ1n) is 9.46. The van der Waals surface area contributed by atoms with E-state index >= 15 is 0 Å². The maximum absolute atomic E-state index is 12.9. The minimum Gasteiger partial charge on any atom is -0.452 e. The van der Waals surface area contributed by atoms with Gasteiger partial charge in [-0.3, -0.25) is 9.78 Å². The number of nitrogens with zero attached hydrogens (tertiary/aromatic N) is 2. The molecule has 0 spiro atoms. The zero-order chi connectivity index (χ0) is 17.5. The molecule has 0 radical (unpaired) electrons. The number of hydrogen-bond acceptors (Lipinski definition) is 4. The third-order valence-electron chi connectivity index (χ3n) is 6.03. The summed E-state index contributed by atoms with van der Waals surface area (Å²) in [5.74, 6) is 1.82. The predicted octanol–water partition coefficient (Wildman–Crippen LogP) is 4.41. The normalized spacial score (nSPS) is 24.8. The maximum atomic E-state index is 12.9. The number of Topliss-reactive ketones (excluding diaryl/α,β-unsaturated/α-hetero) is 1. The molecule has 2 bridgehead atoms. The third kappa shape index (κ3) is 2.74. The molecule has 1 atom stereocenters. The summed E-state index contributed by atoms with van der Waals surface area (Å²) < 4.78 is 6.05. The van der Waals surface area contributed by atoms with E-state index in [4.69, 9.17) is 4.42 Å². The van der Waals surface area contributed by atoms with Crippen molar-refractivity contribution in [1.82, 2.24) is 9.88 Å². The highest BCUT2D eigenvalue weighted by Gasteiger charge is 2.35. The van der Waals surface area contributed by atoms with Gasteiger partial charge < -0.3 is 9.32 Å². The van der Waals surface area contributed by atoms with E-state index in [0.29, 0.717) is 24.0 Å². The standard InChI is InChI=1S/C22H22N2O2/c25-20(11-18-14-24-9-6-15(18)7-10-24)21-12-16-3-1-5-19(22(16)26-21)17-4-2-8-23-13-17/h1-5,8,12-13,15,18H,6-7,9-11,14H2/t18-/m1/s1. The molecule has 6 rings (SSSR count). The lowest BCUT2D eigenvalue weighted by molar-refractivity contribution is 0.0433. The highest BCUT2D eigenvalue weighted by Crippen LogP contribution is 2.36. The lowest BCUT2D eigenvalue weighted by atomic mass is 9.76. The van der Waals surface area contributed by atoms with Crippen molar-refractivity contribution in [3.63, 3.8) is 0 Å². The number of carbonyl (C=O) groups excluding carboxylic acids is 1. The Kier molecular flexibility index (Phi) is 3.86. The van der Waals surface area contributed by atoms with Gasteiger partial charge in [0.05, 0.1) is 0 Å². The van der Waals surface area contributed by atoms with E-state index in [0.717, 1.165) is 28.6 Å². The van der Waals surface area contributed by atoms with Gasteiger partial charge in [-0.2, -0.15) is 0 Å². The fourth-order valence-corrected chi connectivity index (χ4v) is 4.61. The van der Waals surface area contributed by atoms with Crippen LogP contribution in [0.5, 0.6) is 0 Å². The average Bonchev–Trinajstić information content (AvgIpc) is 3.14. The molecule has 4 heteroatoms. The number of pyridine rings is 1. The van der Waals surface area contributed by atoms with Crippen LogP contribution in [0.4, 0.5) is 0 Å². The molecule has 5 heterocycles. The second kappa shape index (κ2) is 6.36. The van der Waals surface area contributed by atoms with Crippen molar-refractivity contribution in [2.75, 3.05) is 19.6 Å². The van der Waals surface area contributed by atoms with Crippen LogP contribution < -0.4 is 0 Å². The Bertz CT molecular complexity index is 939. The molecule has 0 unspecified atom stereocenters. The Balaban J connectivity index is 1.44. The van der Waals surface area contributed by atoms with Crippen molar-refractivity contribution in [2.45, 2.75) is 19.3 Å². The van der Waals surface area contributed by atoms with Gasteiger partial charge in [0, 0.05) is 41.9 Å². The molecule has 0 aliphatic carbocycles. The van der Waals surface area contributed by atoms with Gasteiger partial charge in [0.2, 0.25) is 0 Å². The molecule has 3 aliphatic rings. The van der Waals surface area contributed by atoms with Crippen LogP contribution in [-0.4, -0.2) is 35.3 Å². The Morgan fingerprint density at radius 1 is 1.19 bits per heavy atom. The fraction of sp³-hybridized carbons (Fsp3) is 0.364. The van der Waals surface area contributed by atoms with Crippen molar-refractivity contribution < 1.29 is 9.21 Å². The number of carbonyl (C=O) groups is 1. The molecular formula is C22H22N2O2. The molecule has 3 aromatic rings. The first kappa shape index (κ1) is 15.8. The van der Waals surface area contributed by atoms with Crippen LogP contribution in [0.2, 0.25) is 0 Å². The van der Waals surface area contributed by atoms with Crippen molar-refractivity contribution in [3.8, 4) is 11.1 Å². The van der Waals surface area contributed by atoms with Crippen LogP contribution in [0, 0.1) is 11.8 Å². The van der Waals surface area contributed by atoms with Crippen LogP contribution in [0.15, 0.2) is 53.2 Å². The van der Waals surface area contributed by atoms with Crippen LogP contribution in [-0.2, 0) is 0 Å². The monoisotopic (exact) mass is 346 g/mol. The van der Waals surface area contributed by atoms with Crippen LogP contribution in [0.25, 0.3) is 22.1 Å². The first-order chi connectivity index (χ1) is 12.8. The van der Waals surface area contributed by atoms with Gasteiger partial charge in [0.1, 0.15) is 5.58 Å². The molecule has 4 nitrogen and oxygen atoms in total. The van der Waals surface area contributed by atoms with E-state index in [9.17, 15) is 4.79 Å². The third-order valence-corrected chi connectivity index (χ3v) is 6.03. The zero-order valence-corrected chi connectivity index (χ0v) is 14.7. The summed E-state index contributed by atoms with van der Waals surface area (Å²) >= 11 is 0. The van der Waals surface area contributed by atoms with Gasteiger partial charge >= 0.3 is 0 Å². The van der Waals surface area contributed by atoms with Gasteiger partial charge in [-0.15, -0.1) is 0 Å². The molecule has 26 heavy (non-hydrogen) atoms. The summed E-state index contributed by atoms with van der Waals surface area (Å²) in [6.07, 6.45) is 6.66. The molecule has 132 valence electrons. The second-order valence-electron chi connectivity index (χ2n) is 7.60. The van der Waals surface area contributed by atoms with E-state index in [1.807, 2.05) is 42.6 Å². The SMILES string of the molecule is O=C(C[C@@H]1CN2CCC1CC2)c1cc2cccc(-c3cccnc3)c2o1. The Morgan fingerprint density at radius 2 is 2.08 bits per heavy atom. The summed E-state index contributed by atoms with van der Waals surface area (Å²) in [5, 5.41) is 0.976. The number of para-hydroxylation sites is 1. The molecule has 0 amide bonds. The van der Waals surface area contributed by atoms with Crippen molar-refractivity contribution in [1.29, 1.82) is 0 Å². The average molecular weight is 346 g/mol. The summed E-state index contributed by atoms with van der Waals surface area (Å²) in [6, 6.07) is 11.9. The molecule has 3 saturated heterocycles. The number of fused-ring (bicyclic) bond motifs is 4. The first-order valence-corrected chi connectivity index (χ1v) is 9.46. The van der Waals surface area contributed by atoms with E-state index in [-0.39, 0.29) is 5.78 Å². The maximum Gasteiger partial charge on any atom is 0.198 e. The van der Waals surface area contributed by atoms with Gasteiger partial charge in [-0.1, -0.05) is 24.3 Å². The molecule has 0 saturated carbocycles. The Hall–Kier alpha value is -2.46. The van der Waals surface area contributed by atoms with Crippen molar-refractivity contribution >= 4 is 16.8 Å². The Labute approximate surface area is 152 Å². The number of rotatable bonds is 4. The molecule has 2 aromatic heterocycles. The molecular weight excluding hydrogens is 324 g/mol. The smallest absolute Gasteiger partial charge is 0.198 e. The summed E-state index contributed by atoms with van der Waals surface area (Å²) in [7, 11) is 0. The summed E-state index contributed by atoms with van der Waals surface area (Å²) in [4.78, 5) is 19.6. The van der Waals surface area contributed by atoms with E-state index in [1.165, 1.54) is 25.9 Å². The number of aromatic nitrogens is 1. The van der Waals surface area contributed by atoms with E-state index in [1.54, 1.807) is 6.20 Å². The summed E-state index contributed by atoms with van der Waals surface area (Å²) in [5.41, 5.74) is 2.76. The number of benzene rings is 1. The van der Waals surface area contributed by atoms with Gasteiger partial charge in [-0.25, -0.2) is 0 Å². The minimum atomic E-state index is 0.136. The highest BCUT2D eigenvalue weighted by molar-refractivity contribution is 6.01. The number of piperidine rings is 3. The van der Waals surface area contributed by atoms with Crippen LogP contribution >= 0.6 is 0 Å². The molecule has 1 aromatic carbocycles. The quantitative estimate of drug-likeness (QED) is 0.657. The highest BCUT2D eigenvalue weighted by atomic mass is 16.3. The molecule has 3 aliphatic heterocycles. The van der Waals surface area contributed by atoms with Crippen LogP contribution in [0.3, 0.4) is 0 Å². The lowest BCUT2D eigenvalue weighted by Gasteiger charge is -2.44. The molecule has 3 fully saturated rings. The number of ketones is 1. The number of hydrogen-bond donors (Lipinski definition) is 0. The predicted molar refractivity (Wildman–Crippen MR) is 101 cm³/mol. The number of furan rings is 1. The topological polar surface area (TPSA) is 46.3 Å². The van der Waals surface area contributed by atoms with E-state index < -0.39 is 0 Å². The Morgan fingerprint density at radius 3 is 2.81 bits per heavy atom. The molecule has 0 N–H and O–H groups in total. The van der Waals surface area contributed by atoms with Gasteiger partial charge in [0.25, 0.3) is 0 Å². The summed E-state index contributed by atoms with van der Waals surface area (Å²) in [6.45, 7) is 3.47. The van der Waals surface area contributed by atoms with Crippen molar-refractivity contribution in [3.05, 3.63) is 54.6 Å². The minimum absolute atomic E-state index is 0.136. The second-order valence-corrected chi connectivity index (χ2v) is 7.60. The lowest BCUT2D eigenvalue weighted by Crippen LogP contribution is -2.47. The van der Waals surface area contributed by atoms with Crippen LogP contribution in [0.1, 0.15) is 29.8 Å². The zero-order valence-electron chi connectivity index (χ0n) is 14.7. The van der Waals surface area contributed by atoms with E-state index in [2.05, 4.69) is 9.88 Å². The van der Waals surface area contributed by atoms with Gasteiger partial charge in [-0.05, 0) is 49.9 Å². The largest absolute Gasteiger partial charge is 0.452 e. The van der Waals surface area contributed by atoms with Gasteiger partial charge in [0.15, 0.2) is 11.5 Å². The fourth-order valence-electron chi connectivity index (χ4n) is 4.61. The van der Waals surface area contributed by atoms with Crippen molar-refractivity contribution in [2.24, 2.45) is 11.8 Å².